The minimum absolute atomic E-state index is 0.0722. The van der Waals surface area contributed by atoms with Crippen molar-refractivity contribution in [2.45, 2.75) is 32.9 Å². The van der Waals surface area contributed by atoms with Crippen LogP contribution in [0.5, 0.6) is 0 Å². The average Bonchev–Trinajstić information content (AvgIpc) is 3.54. The van der Waals surface area contributed by atoms with E-state index in [1.807, 2.05) is 77.7 Å². The van der Waals surface area contributed by atoms with Crippen LogP contribution in [0, 0.1) is 13.8 Å². The van der Waals surface area contributed by atoms with E-state index in [1.165, 1.54) is 0 Å². The lowest BCUT2D eigenvalue weighted by Gasteiger charge is -2.25. The van der Waals surface area contributed by atoms with Gasteiger partial charge in [-0.2, -0.15) is 0 Å². The van der Waals surface area contributed by atoms with E-state index in [1.54, 1.807) is 17.4 Å². The number of imidazole rings is 2. The second-order valence-electron chi connectivity index (χ2n) is 8.49. The molecule has 1 unspecified atom stereocenters. The molecule has 1 aliphatic rings. The monoisotopic (exact) mass is 455 g/mol. The van der Waals surface area contributed by atoms with Crippen LogP contribution in [0.25, 0.3) is 11.4 Å². The zero-order chi connectivity index (χ0) is 23.8. The molecule has 3 aromatic heterocycles. The number of benzene rings is 1. The molecule has 8 heteroatoms. The lowest BCUT2D eigenvalue weighted by Crippen LogP contribution is -2.31. The normalized spacial score (nSPS) is 17.7. The Morgan fingerprint density at radius 3 is 2.53 bits per heavy atom. The number of hydrogen-bond donors (Lipinski definition) is 1. The van der Waals surface area contributed by atoms with Crippen molar-refractivity contribution in [3.63, 3.8) is 0 Å². The number of likely N-dealkylation sites (tertiary alicyclic amines) is 1. The Hall–Kier alpha value is -4.20. The van der Waals surface area contributed by atoms with E-state index in [2.05, 4.69) is 9.97 Å². The molecule has 0 radical (unpaired) electrons. The highest BCUT2D eigenvalue weighted by atomic mass is 16.3. The summed E-state index contributed by atoms with van der Waals surface area (Å²) in [5.41, 5.74) is 3.50. The Balaban J connectivity index is 1.59. The summed E-state index contributed by atoms with van der Waals surface area (Å²) < 4.78 is 3.81. The Morgan fingerprint density at radius 1 is 1.03 bits per heavy atom. The van der Waals surface area contributed by atoms with E-state index >= 15 is 0 Å². The highest BCUT2D eigenvalue weighted by Crippen LogP contribution is 2.39. The van der Waals surface area contributed by atoms with Gasteiger partial charge in [-0.25, -0.2) is 9.97 Å². The third-order valence-corrected chi connectivity index (χ3v) is 6.34. The first kappa shape index (κ1) is 21.6. The van der Waals surface area contributed by atoms with Gasteiger partial charge in [-0.05, 0) is 37.5 Å². The highest BCUT2D eigenvalue weighted by Gasteiger charge is 2.46. The molecule has 1 aliphatic heterocycles. The first-order valence-electron chi connectivity index (χ1n) is 11.2. The lowest BCUT2D eigenvalue weighted by atomic mass is 9.96. The minimum Gasteiger partial charge on any atom is -0.505 e. The third-order valence-electron chi connectivity index (χ3n) is 6.34. The summed E-state index contributed by atoms with van der Waals surface area (Å²) in [4.78, 5) is 36.6. The molecule has 0 saturated carbocycles. The molecule has 34 heavy (non-hydrogen) atoms. The summed E-state index contributed by atoms with van der Waals surface area (Å²) in [5.74, 6) is -1.55. The number of amides is 1. The van der Waals surface area contributed by atoms with Crippen LogP contribution in [0.4, 0.5) is 0 Å². The van der Waals surface area contributed by atoms with E-state index in [9.17, 15) is 14.7 Å². The molecule has 0 spiro atoms. The Kier molecular flexibility index (Phi) is 5.49. The smallest absolute Gasteiger partial charge is 0.295 e. The highest BCUT2D eigenvalue weighted by molar-refractivity contribution is 6.46. The van der Waals surface area contributed by atoms with Crippen LogP contribution in [-0.4, -0.2) is 47.2 Å². The molecule has 4 heterocycles. The van der Waals surface area contributed by atoms with Crippen molar-refractivity contribution in [2.24, 2.45) is 0 Å². The molecule has 1 aromatic carbocycles. The van der Waals surface area contributed by atoms with Crippen molar-refractivity contribution >= 4 is 23.1 Å². The van der Waals surface area contributed by atoms with Gasteiger partial charge >= 0.3 is 0 Å². The first-order valence-corrected chi connectivity index (χ1v) is 11.2. The topological polar surface area (TPSA) is 92.7 Å². The van der Waals surface area contributed by atoms with Crippen LogP contribution in [0.15, 0.2) is 73.0 Å². The fraction of sp³-hybridized carbons (Fsp3) is 0.231. The number of aliphatic hydroxyl groups is 1. The van der Waals surface area contributed by atoms with Gasteiger partial charge < -0.3 is 19.0 Å². The van der Waals surface area contributed by atoms with Gasteiger partial charge in [-0.15, -0.1) is 0 Å². The average molecular weight is 456 g/mol. The molecule has 1 saturated heterocycles. The fourth-order valence-electron chi connectivity index (χ4n) is 4.61. The molecule has 0 bridgehead atoms. The third kappa shape index (κ3) is 3.57. The molecular weight excluding hydrogens is 430 g/mol. The minimum atomic E-state index is -0.692. The van der Waals surface area contributed by atoms with Crippen molar-refractivity contribution in [2.75, 3.05) is 6.54 Å². The standard InChI is InChI=1S/C26H25N5O3/c1-17-8-6-13-30-18(2)21(28-25(17)30)23(32)20-22(19-9-4-3-5-10-19)31(26(34)24(20)33)14-7-12-29-15-11-27-16-29/h3-6,8-11,13,15-16,22,32H,7,12,14H2,1-2H3/b23-20+. The number of pyridine rings is 1. The first-order chi connectivity index (χ1) is 16.5. The summed E-state index contributed by atoms with van der Waals surface area (Å²) >= 11 is 0. The molecule has 8 nitrogen and oxygen atoms in total. The summed E-state index contributed by atoms with van der Waals surface area (Å²) in [5, 5.41) is 11.4. The van der Waals surface area contributed by atoms with Crippen molar-refractivity contribution in [1.29, 1.82) is 0 Å². The van der Waals surface area contributed by atoms with Crippen LogP contribution in [0.2, 0.25) is 0 Å². The van der Waals surface area contributed by atoms with Crippen molar-refractivity contribution in [3.05, 3.63) is 95.5 Å². The maximum absolute atomic E-state index is 13.2. The van der Waals surface area contributed by atoms with Gasteiger partial charge in [0, 0.05) is 31.7 Å². The van der Waals surface area contributed by atoms with Gasteiger partial charge in [0.15, 0.2) is 5.76 Å². The molecule has 4 aromatic rings. The van der Waals surface area contributed by atoms with E-state index in [-0.39, 0.29) is 11.3 Å². The number of rotatable bonds is 6. The van der Waals surface area contributed by atoms with Crippen LogP contribution in [0.3, 0.4) is 0 Å². The zero-order valence-electron chi connectivity index (χ0n) is 19.0. The van der Waals surface area contributed by atoms with Crippen molar-refractivity contribution in [3.8, 4) is 0 Å². The fourth-order valence-corrected chi connectivity index (χ4v) is 4.61. The summed E-state index contributed by atoms with van der Waals surface area (Å²) in [7, 11) is 0. The summed E-state index contributed by atoms with van der Waals surface area (Å²) in [6.07, 6.45) is 7.78. The van der Waals surface area contributed by atoms with Gasteiger partial charge in [-0.3, -0.25) is 9.59 Å². The van der Waals surface area contributed by atoms with Crippen molar-refractivity contribution in [1.82, 2.24) is 23.8 Å². The number of Topliss-reactive ketones (excluding diaryl/α,β-unsaturated/α-hetero) is 1. The molecular formula is C26H25N5O3. The number of aliphatic hydroxyl groups excluding tert-OH is 1. The van der Waals surface area contributed by atoms with Gasteiger partial charge in [0.2, 0.25) is 0 Å². The van der Waals surface area contributed by atoms with Gasteiger partial charge in [-0.1, -0.05) is 36.4 Å². The van der Waals surface area contributed by atoms with Crippen molar-refractivity contribution < 1.29 is 14.7 Å². The second-order valence-corrected chi connectivity index (χ2v) is 8.49. The van der Waals surface area contributed by atoms with Gasteiger partial charge in [0.1, 0.15) is 11.3 Å². The maximum Gasteiger partial charge on any atom is 0.295 e. The largest absolute Gasteiger partial charge is 0.505 e. The number of carbonyl (C=O) groups excluding carboxylic acids is 2. The quantitative estimate of drug-likeness (QED) is 0.272. The second kappa shape index (κ2) is 8.62. The predicted octanol–water partition coefficient (Wildman–Crippen LogP) is 3.66. The summed E-state index contributed by atoms with van der Waals surface area (Å²) in [6.45, 7) is 4.81. The number of carbonyl (C=O) groups is 2. The number of hydrogen-bond acceptors (Lipinski definition) is 5. The van der Waals surface area contributed by atoms with E-state index in [0.717, 1.165) is 11.1 Å². The molecule has 5 rings (SSSR count). The lowest BCUT2D eigenvalue weighted by molar-refractivity contribution is -0.139. The van der Waals surface area contributed by atoms with Crippen LogP contribution >= 0.6 is 0 Å². The van der Waals surface area contributed by atoms with Gasteiger partial charge in [0.25, 0.3) is 11.7 Å². The molecule has 1 N–H and O–H groups in total. The number of nitrogens with zero attached hydrogens (tertiary/aromatic N) is 5. The number of aromatic nitrogens is 4. The SMILES string of the molecule is Cc1cccn2c(C)c(/C(O)=C3\C(=O)C(=O)N(CCCn4ccnc4)C3c3ccccc3)nc12. The maximum atomic E-state index is 13.2. The molecule has 172 valence electrons. The molecule has 1 atom stereocenters. The zero-order valence-corrected chi connectivity index (χ0v) is 19.0. The molecule has 1 amide bonds. The molecule has 1 fully saturated rings. The number of ketones is 1. The predicted molar refractivity (Wildman–Crippen MR) is 127 cm³/mol. The number of fused-ring (bicyclic) bond motifs is 1. The Bertz CT molecular complexity index is 1400. The number of aryl methyl sites for hydroxylation is 3. The van der Waals surface area contributed by atoms with Crippen LogP contribution in [-0.2, 0) is 16.1 Å². The van der Waals surface area contributed by atoms with E-state index in [0.29, 0.717) is 36.5 Å². The van der Waals surface area contributed by atoms with E-state index < -0.39 is 17.7 Å². The Morgan fingerprint density at radius 2 is 1.82 bits per heavy atom. The summed E-state index contributed by atoms with van der Waals surface area (Å²) in [6, 6.07) is 12.5. The Labute approximate surface area is 196 Å². The van der Waals surface area contributed by atoms with E-state index in [4.69, 9.17) is 0 Å². The van der Waals surface area contributed by atoms with Gasteiger partial charge in [0.05, 0.1) is 23.6 Å². The molecule has 0 aliphatic carbocycles. The van der Waals surface area contributed by atoms with Crippen LogP contribution in [0.1, 0.15) is 35.0 Å². The van der Waals surface area contributed by atoms with Crippen LogP contribution < -0.4 is 0 Å².